The second-order valence-corrected chi connectivity index (χ2v) is 8.92. The molecule has 172 valence electrons. The second kappa shape index (κ2) is 8.79. The minimum Gasteiger partial charge on any atom is -0.456 e. The monoisotopic (exact) mass is 475 g/mol. The molecule has 8 heteroatoms. The molecule has 34 heavy (non-hydrogen) atoms. The molecule has 2 aliphatic heterocycles. The van der Waals surface area contributed by atoms with Crippen LogP contribution in [0.5, 0.6) is 0 Å². The molecule has 3 aromatic rings. The Morgan fingerprint density at radius 3 is 2.71 bits per heavy atom. The van der Waals surface area contributed by atoms with Crippen LogP contribution in [0.4, 0.5) is 4.79 Å². The van der Waals surface area contributed by atoms with Gasteiger partial charge in [0.1, 0.15) is 12.4 Å². The summed E-state index contributed by atoms with van der Waals surface area (Å²) in [5.74, 6) is -0.983. The smallest absolute Gasteiger partial charge is 0.456 e. The van der Waals surface area contributed by atoms with Crippen molar-refractivity contribution in [3.8, 4) is 10.4 Å². The van der Waals surface area contributed by atoms with Crippen LogP contribution >= 0.6 is 11.3 Å². The highest BCUT2D eigenvalue weighted by atomic mass is 32.1. The molecule has 0 radical (unpaired) electrons. The zero-order chi connectivity index (χ0) is 23.8. The van der Waals surface area contributed by atoms with Gasteiger partial charge < -0.3 is 19.5 Å². The number of esters is 1. The fourth-order valence-corrected chi connectivity index (χ4v) is 5.51. The van der Waals surface area contributed by atoms with Gasteiger partial charge in [-0.2, -0.15) is 0 Å². The van der Waals surface area contributed by atoms with Gasteiger partial charge in [0.25, 0.3) is 0 Å². The van der Waals surface area contributed by atoms with E-state index in [2.05, 4.69) is 5.32 Å². The van der Waals surface area contributed by atoms with E-state index in [0.717, 1.165) is 10.4 Å². The standard InChI is InChI=1S/C26H21NO6S/c1-3-31-26(30)33-23-14(2)27-18-13-32-25(29)22(18)21(23)17-11-7-10-16-19(28)12-20(34-24(16)17)15-8-5-4-6-9-15/h4-12,21,27H,3,13H2,1-2H3. The maximum absolute atomic E-state index is 13.1. The summed E-state index contributed by atoms with van der Waals surface area (Å²) < 4.78 is 16.6. The van der Waals surface area contributed by atoms with Crippen LogP contribution < -0.4 is 10.7 Å². The van der Waals surface area contributed by atoms with Gasteiger partial charge in [0.15, 0.2) is 5.43 Å². The zero-order valence-electron chi connectivity index (χ0n) is 18.5. The fourth-order valence-electron chi connectivity index (χ4n) is 4.29. The van der Waals surface area contributed by atoms with Crippen LogP contribution in [0.1, 0.15) is 25.3 Å². The van der Waals surface area contributed by atoms with E-state index in [1.807, 2.05) is 36.4 Å². The molecule has 0 aliphatic carbocycles. The largest absolute Gasteiger partial charge is 0.513 e. The number of allylic oxidation sites excluding steroid dienone is 2. The maximum Gasteiger partial charge on any atom is 0.513 e. The molecule has 0 spiro atoms. The predicted octanol–water partition coefficient (Wildman–Crippen LogP) is 4.83. The number of carbonyl (C=O) groups is 2. The van der Waals surface area contributed by atoms with Crippen molar-refractivity contribution in [3.63, 3.8) is 0 Å². The summed E-state index contributed by atoms with van der Waals surface area (Å²) in [6, 6.07) is 16.6. The van der Waals surface area contributed by atoms with Crippen molar-refractivity contribution in [3.05, 3.63) is 93.1 Å². The van der Waals surface area contributed by atoms with Gasteiger partial charge in [-0.25, -0.2) is 9.59 Å². The lowest BCUT2D eigenvalue weighted by atomic mass is 9.85. The number of dihydropyridines is 1. The maximum atomic E-state index is 13.1. The van der Waals surface area contributed by atoms with E-state index in [9.17, 15) is 14.4 Å². The molecule has 1 atom stereocenters. The van der Waals surface area contributed by atoms with Crippen LogP contribution in [-0.4, -0.2) is 25.3 Å². The summed E-state index contributed by atoms with van der Waals surface area (Å²) in [4.78, 5) is 38.9. The lowest BCUT2D eigenvalue weighted by Gasteiger charge is -2.28. The highest BCUT2D eigenvalue weighted by Gasteiger charge is 2.42. The predicted molar refractivity (Wildman–Crippen MR) is 128 cm³/mol. The molecule has 2 aromatic carbocycles. The van der Waals surface area contributed by atoms with E-state index >= 15 is 0 Å². The quantitative estimate of drug-likeness (QED) is 0.541. The van der Waals surface area contributed by atoms with E-state index in [1.54, 1.807) is 32.0 Å². The molecule has 3 heterocycles. The second-order valence-electron chi connectivity index (χ2n) is 7.87. The van der Waals surface area contributed by atoms with Gasteiger partial charge in [-0.1, -0.05) is 42.5 Å². The van der Waals surface area contributed by atoms with Crippen molar-refractivity contribution in [2.75, 3.05) is 13.2 Å². The van der Waals surface area contributed by atoms with Gasteiger partial charge in [0.05, 0.1) is 29.5 Å². The zero-order valence-corrected chi connectivity index (χ0v) is 19.4. The summed E-state index contributed by atoms with van der Waals surface area (Å²) in [7, 11) is 0. The third-order valence-electron chi connectivity index (χ3n) is 5.76. The summed E-state index contributed by atoms with van der Waals surface area (Å²) in [6.45, 7) is 3.69. The first kappa shape index (κ1) is 21.9. The van der Waals surface area contributed by atoms with Crippen molar-refractivity contribution < 1.29 is 23.8 Å². The van der Waals surface area contributed by atoms with E-state index in [4.69, 9.17) is 14.2 Å². The summed E-state index contributed by atoms with van der Waals surface area (Å²) >= 11 is 1.45. The third kappa shape index (κ3) is 3.76. The Hall–Kier alpha value is -3.91. The number of benzene rings is 2. The van der Waals surface area contributed by atoms with Crippen LogP contribution in [-0.2, 0) is 19.0 Å². The average molecular weight is 476 g/mol. The van der Waals surface area contributed by atoms with Crippen LogP contribution in [0.25, 0.3) is 20.5 Å². The first-order chi connectivity index (χ1) is 16.5. The van der Waals surface area contributed by atoms with Crippen molar-refractivity contribution in [1.82, 2.24) is 5.32 Å². The highest BCUT2D eigenvalue weighted by molar-refractivity contribution is 7.21. The summed E-state index contributed by atoms with van der Waals surface area (Å²) in [5.41, 5.74) is 3.03. The minimum atomic E-state index is -0.863. The van der Waals surface area contributed by atoms with E-state index in [-0.39, 0.29) is 24.4 Å². The molecular formula is C26H21NO6S. The van der Waals surface area contributed by atoms with E-state index in [1.165, 1.54) is 11.3 Å². The molecule has 0 saturated heterocycles. The Kier molecular flexibility index (Phi) is 5.67. The molecule has 0 saturated carbocycles. The van der Waals surface area contributed by atoms with Crippen molar-refractivity contribution in [2.24, 2.45) is 0 Å². The Labute approximate surface area is 199 Å². The van der Waals surface area contributed by atoms with Crippen LogP contribution in [0.15, 0.2) is 82.1 Å². The number of hydrogen-bond acceptors (Lipinski definition) is 8. The van der Waals surface area contributed by atoms with Gasteiger partial charge in [0, 0.05) is 21.0 Å². The van der Waals surface area contributed by atoms with E-state index < -0.39 is 18.0 Å². The number of fused-ring (bicyclic) bond motifs is 1. The average Bonchev–Trinajstić information content (AvgIpc) is 3.20. The topological polar surface area (TPSA) is 90.9 Å². The van der Waals surface area contributed by atoms with Crippen LogP contribution in [0.2, 0.25) is 0 Å². The Balaban J connectivity index is 1.74. The minimum absolute atomic E-state index is 0.102. The summed E-state index contributed by atoms with van der Waals surface area (Å²) in [6.07, 6.45) is -0.863. The van der Waals surface area contributed by atoms with E-state index in [0.29, 0.717) is 32.6 Å². The Morgan fingerprint density at radius 1 is 1.15 bits per heavy atom. The Bertz CT molecular complexity index is 1440. The number of cyclic esters (lactones) is 1. The number of carbonyl (C=O) groups excluding carboxylic acids is 2. The van der Waals surface area contributed by atoms with Gasteiger partial charge in [-0.15, -0.1) is 11.3 Å². The van der Waals surface area contributed by atoms with Crippen molar-refractivity contribution >= 4 is 33.5 Å². The number of nitrogens with one attached hydrogen (secondary N) is 1. The molecule has 0 bridgehead atoms. The molecule has 7 nitrogen and oxygen atoms in total. The van der Waals surface area contributed by atoms with Crippen LogP contribution in [0.3, 0.4) is 0 Å². The molecule has 0 fully saturated rings. The SMILES string of the molecule is CCOC(=O)OC1=C(C)NC2=C(C(=O)OC2)C1c1cccc2c(=O)cc(-c3ccccc3)sc12. The molecule has 1 N–H and O–H groups in total. The van der Waals surface area contributed by atoms with Crippen LogP contribution in [0, 0.1) is 0 Å². The van der Waals surface area contributed by atoms with Gasteiger partial charge in [-0.3, -0.25) is 4.79 Å². The summed E-state index contributed by atoms with van der Waals surface area (Å²) in [5, 5.41) is 3.65. The lowest BCUT2D eigenvalue weighted by Crippen LogP contribution is -2.28. The van der Waals surface area contributed by atoms with Gasteiger partial charge >= 0.3 is 12.1 Å². The fraction of sp³-hybridized carbons (Fsp3) is 0.192. The first-order valence-electron chi connectivity index (χ1n) is 10.8. The molecule has 2 aliphatic rings. The molecule has 1 unspecified atom stereocenters. The molecule has 5 rings (SSSR count). The number of ether oxygens (including phenoxy) is 3. The number of hydrogen-bond donors (Lipinski definition) is 1. The normalized spacial score (nSPS) is 17.4. The first-order valence-corrected chi connectivity index (χ1v) is 11.6. The van der Waals surface area contributed by atoms with Crippen molar-refractivity contribution in [1.29, 1.82) is 0 Å². The number of rotatable bonds is 4. The van der Waals surface area contributed by atoms with Gasteiger partial charge in [0.2, 0.25) is 0 Å². The highest BCUT2D eigenvalue weighted by Crippen LogP contribution is 2.45. The lowest BCUT2D eigenvalue weighted by molar-refractivity contribution is -0.136. The van der Waals surface area contributed by atoms with Gasteiger partial charge in [-0.05, 0) is 31.0 Å². The molecule has 0 amide bonds. The molecular weight excluding hydrogens is 454 g/mol. The third-order valence-corrected chi connectivity index (χ3v) is 6.99. The van der Waals surface area contributed by atoms with Crippen molar-refractivity contribution in [2.45, 2.75) is 19.8 Å². The molecule has 1 aromatic heterocycles. The Morgan fingerprint density at radius 2 is 1.94 bits per heavy atom.